The highest BCUT2D eigenvalue weighted by molar-refractivity contribution is 6.04. The molecule has 2 N–H and O–H groups in total. The first kappa shape index (κ1) is 23.3. The third-order valence-corrected chi connectivity index (χ3v) is 5.37. The molecule has 1 atom stereocenters. The zero-order valence-electron chi connectivity index (χ0n) is 18.4. The van der Waals surface area contributed by atoms with Gasteiger partial charge in [-0.1, -0.05) is 24.3 Å². The summed E-state index contributed by atoms with van der Waals surface area (Å²) in [5.74, 6) is 0.209. The number of carbonyl (C=O) groups is 3. The second-order valence-corrected chi connectivity index (χ2v) is 7.69. The Kier molecular flexibility index (Phi) is 8.21. The van der Waals surface area contributed by atoms with Crippen LogP contribution in [0.4, 0.5) is 5.69 Å². The van der Waals surface area contributed by atoms with Crippen molar-refractivity contribution in [3.8, 4) is 5.75 Å². The molecule has 1 aliphatic heterocycles. The molecular formula is C24H29N3O5. The van der Waals surface area contributed by atoms with E-state index in [4.69, 9.17) is 9.47 Å². The number of rotatable bonds is 8. The van der Waals surface area contributed by atoms with E-state index in [0.29, 0.717) is 43.6 Å². The summed E-state index contributed by atoms with van der Waals surface area (Å²) in [6.07, 6.45) is 1.58. The van der Waals surface area contributed by atoms with Gasteiger partial charge in [0.2, 0.25) is 11.8 Å². The van der Waals surface area contributed by atoms with Gasteiger partial charge in [0.25, 0.3) is 5.91 Å². The Morgan fingerprint density at radius 2 is 1.91 bits per heavy atom. The van der Waals surface area contributed by atoms with Crippen molar-refractivity contribution < 1.29 is 23.9 Å². The number of nitrogens with zero attached hydrogens (tertiary/aromatic N) is 1. The molecule has 0 saturated carbocycles. The van der Waals surface area contributed by atoms with Crippen LogP contribution in [-0.4, -0.2) is 56.0 Å². The van der Waals surface area contributed by atoms with Crippen molar-refractivity contribution >= 4 is 23.4 Å². The molecule has 8 nitrogen and oxygen atoms in total. The number of para-hydroxylation sites is 1. The summed E-state index contributed by atoms with van der Waals surface area (Å²) in [6, 6.07) is 14.4. The second kappa shape index (κ2) is 11.3. The van der Waals surface area contributed by atoms with Crippen molar-refractivity contribution in [2.75, 3.05) is 32.7 Å². The lowest BCUT2D eigenvalue weighted by molar-refractivity contribution is -0.131. The van der Waals surface area contributed by atoms with Crippen LogP contribution in [0.3, 0.4) is 0 Å². The maximum atomic E-state index is 12.9. The van der Waals surface area contributed by atoms with Gasteiger partial charge in [0.1, 0.15) is 12.4 Å². The van der Waals surface area contributed by atoms with E-state index in [1.165, 1.54) is 7.11 Å². The number of methoxy groups -OCH3 is 2. The van der Waals surface area contributed by atoms with E-state index in [0.717, 1.165) is 11.3 Å². The molecule has 0 aliphatic carbocycles. The van der Waals surface area contributed by atoms with Crippen molar-refractivity contribution in [2.24, 2.45) is 0 Å². The Labute approximate surface area is 187 Å². The van der Waals surface area contributed by atoms with E-state index in [9.17, 15) is 14.4 Å². The fraction of sp³-hybridized carbons (Fsp3) is 0.375. The first-order chi connectivity index (χ1) is 15.5. The number of nitrogens with one attached hydrogen (secondary N) is 2. The summed E-state index contributed by atoms with van der Waals surface area (Å²) in [5.41, 5.74) is 1.80. The van der Waals surface area contributed by atoms with Gasteiger partial charge in [-0.15, -0.1) is 0 Å². The summed E-state index contributed by atoms with van der Waals surface area (Å²) >= 11 is 0. The third-order valence-electron chi connectivity index (χ3n) is 5.37. The average molecular weight is 440 g/mol. The number of hydrogen-bond donors (Lipinski definition) is 2. The van der Waals surface area contributed by atoms with Gasteiger partial charge in [0, 0.05) is 32.7 Å². The number of anilines is 1. The van der Waals surface area contributed by atoms with E-state index in [-0.39, 0.29) is 30.4 Å². The van der Waals surface area contributed by atoms with Gasteiger partial charge in [0.15, 0.2) is 0 Å². The molecule has 0 radical (unpaired) electrons. The van der Waals surface area contributed by atoms with Crippen molar-refractivity contribution in [1.82, 2.24) is 10.2 Å². The number of hydrogen-bond acceptors (Lipinski definition) is 5. The van der Waals surface area contributed by atoms with Crippen LogP contribution in [0.1, 0.15) is 35.2 Å². The Morgan fingerprint density at radius 3 is 2.69 bits per heavy atom. The molecule has 3 amide bonds. The Hall–Kier alpha value is -3.39. The van der Waals surface area contributed by atoms with Crippen LogP contribution in [0.5, 0.6) is 5.75 Å². The van der Waals surface area contributed by atoms with Gasteiger partial charge >= 0.3 is 0 Å². The van der Waals surface area contributed by atoms with Crippen molar-refractivity contribution in [3.63, 3.8) is 0 Å². The fourth-order valence-electron chi connectivity index (χ4n) is 3.71. The number of likely N-dealkylation sites (tertiary alicyclic amines) is 1. The Balaban J connectivity index is 1.61. The summed E-state index contributed by atoms with van der Waals surface area (Å²) < 4.78 is 10.1. The number of benzene rings is 2. The van der Waals surface area contributed by atoms with Gasteiger partial charge in [-0.05, 0) is 42.7 Å². The molecule has 1 unspecified atom stereocenters. The molecule has 0 bridgehead atoms. The summed E-state index contributed by atoms with van der Waals surface area (Å²) in [5, 5.41) is 5.72. The predicted molar refractivity (Wildman–Crippen MR) is 120 cm³/mol. The smallest absolute Gasteiger partial charge is 0.253 e. The first-order valence-corrected chi connectivity index (χ1v) is 10.6. The second-order valence-electron chi connectivity index (χ2n) is 7.69. The van der Waals surface area contributed by atoms with Gasteiger partial charge < -0.3 is 25.0 Å². The Morgan fingerprint density at radius 1 is 1.09 bits per heavy atom. The van der Waals surface area contributed by atoms with Crippen LogP contribution in [0, 0.1) is 0 Å². The largest absolute Gasteiger partial charge is 0.497 e. The minimum Gasteiger partial charge on any atom is -0.497 e. The summed E-state index contributed by atoms with van der Waals surface area (Å²) in [4.78, 5) is 39.2. The Bertz CT molecular complexity index is 962. The molecule has 3 rings (SSSR count). The molecule has 2 aromatic rings. The maximum absolute atomic E-state index is 12.9. The van der Waals surface area contributed by atoms with E-state index in [1.54, 1.807) is 31.4 Å². The van der Waals surface area contributed by atoms with Gasteiger partial charge in [-0.3, -0.25) is 14.4 Å². The van der Waals surface area contributed by atoms with E-state index in [2.05, 4.69) is 10.6 Å². The lowest BCUT2D eigenvalue weighted by Gasteiger charge is -2.21. The monoisotopic (exact) mass is 439 g/mol. The average Bonchev–Trinajstić information content (AvgIpc) is 2.96. The molecule has 8 heteroatoms. The fourth-order valence-corrected chi connectivity index (χ4v) is 3.71. The highest BCUT2D eigenvalue weighted by Crippen LogP contribution is 2.20. The molecule has 0 spiro atoms. The maximum Gasteiger partial charge on any atom is 0.253 e. The lowest BCUT2D eigenvalue weighted by Crippen LogP contribution is -2.36. The first-order valence-electron chi connectivity index (χ1n) is 10.6. The van der Waals surface area contributed by atoms with E-state index >= 15 is 0 Å². The van der Waals surface area contributed by atoms with Gasteiger partial charge in [0.05, 0.1) is 18.4 Å². The lowest BCUT2D eigenvalue weighted by atomic mass is 10.1. The van der Waals surface area contributed by atoms with Gasteiger partial charge in [-0.25, -0.2) is 0 Å². The SMILES string of the molecule is COCC(=O)Nc1ccccc1C(=O)NC1CCC(=O)N(Cc2cccc(OC)c2)CC1. The molecule has 1 heterocycles. The van der Waals surface area contributed by atoms with Crippen molar-refractivity contribution in [2.45, 2.75) is 31.8 Å². The minimum atomic E-state index is -0.332. The normalized spacial score (nSPS) is 16.2. The molecule has 1 fully saturated rings. The number of ether oxygens (including phenoxy) is 2. The highest BCUT2D eigenvalue weighted by atomic mass is 16.5. The standard InChI is InChI=1S/C24H29N3O5/c1-31-16-22(28)26-21-9-4-3-8-20(21)24(30)25-18-10-11-23(29)27(13-12-18)15-17-6-5-7-19(14-17)32-2/h3-9,14,18H,10-13,15-16H2,1-2H3,(H,25,30)(H,26,28). The van der Waals surface area contributed by atoms with E-state index in [1.807, 2.05) is 29.2 Å². The predicted octanol–water partition coefficient (Wildman–Crippen LogP) is 2.59. The topological polar surface area (TPSA) is 97.0 Å². The highest BCUT2D eigenvalue weighted by Gasteiger charge is 2.25. The zero-order chi connectivity index (χ0) is 22.9. The third kappa shape index (κ3) is 6.31. The van der Waals surface area contributed by atoms with E-state index < -0.39 is 0 Å². The van der Waals surface area contributed by atoms with Crippen LogP contribution < -0.4 is 15.4 Å². The molecule has 0 aromatic heterocycles. The summed E-state index contributed by atoms with van der Waals surface area (Å²) in [6.45, 7) is 0.960. The molecule has 32 heavy (non-hydrogen) atoms. The van der Waals surface area contributed by atoms with Crippen LogP contribution >= 0.6 is 0 Å². The molecular weight excluding hydrogens is 410 g/mol. The molecule has 1 aliphatic rings. The minimum absolute atomic E-state index is 0.0665. The van der Waals surface area contributed by atoms with Crippen LogP contribution in [0.25, 0.3) is 0 Å². The van der Waals surface area contributed by atoms with Crippen LogP contribution in [0.15, 0.2) is 48.5 Å². The summed E-state index contributed by atoms with van der Waals surface area (Å²) in [7, 11) is 3.05. The molecule has 170 valence electrons. The quantitative estimate of drug-likeness (QED) is 0.659. The number of carbonyl (C=O) groups excluding carboxylic acids is 3. The van der Waals surface area contributed by atoms with Crippen LogP contribution in [-0.2, 0) is 20.9 Å². The molecule has 2 aromatic carbocycles. The van der Waals surface area contributed by atoms with Gasteiger partial charge in [-0.2, -0.15) is 0 Å². The molecule has 1 saturated heterocycles. The van der Waals surface area contributed by atoms with Crippen LogP contribution in [0.2, 0.25) is 0 Å². The number of amides is 3. The zero-order valence-corrected chi connectivity index (χ0v) is 18.4. The van der Waals surface area contributed by atoms with Crippen molar-refractivity contribution in [3.05, 3.63) is 59.7 Å². The van der Waals surface area contributed by atoms with Crippen molar-refractivity contribution in [1.29, 1.82) is 0 Å².